The van der Waals surface area contributed by atoms with Crippen LogP contribution in [0.25, 0.3) is 0 Å². The van der Waals surface area contributed by atoms with Crippen molar-refractivity contribution in [2.24, 2.45) is 11.5 Å². The van der Waals surface area contributed by atoms with Crippen LogP contribution in [-0.4, -0.2) is 0 Å². The van der Waals surface area contributed by atoms with E-state index in [1.807, 2.05) is 0 Å². The first-order valence-corrected chi connectivity index (χ1v) is 22.8. The third-order valence-corrected chi connectivity index (χ3v) is 13.5. The van der Waals surface area contributed by atoms with Crippen LogP contribution >= 0.6 is 0 Å². The summed E-state index contributed by atoms with van der Waals surface area (Å²) in [5.74, 6) is 2.71. The molecule has 0 fully saturated rings. The quantitative estimate of drug-likeness (QED) is 0.0760. The minimum Gasteiger partial charge on any atom is -0.326 e. The van der Waals surface area contributed by atoms with Gasteiger partial charge in [-0.1, -0.05) is 214 Å². The third kappa shape index (κ3) is 12.3. The van der Waals surface area contributed by atoms with Crippen molar-refractivity contribution in [3.05, 3.63) is 250 Å². The zero-order chi connectivity index (χ0) is 42.2. The lowest BCUT2D eigenvalue weighted by atomic mass is 9.71. The monoisotopic (exact) mass is 803 g/mol. The lowest BCUT2D eigenvalue weighted by Crippen LogP contribution is -2.17. The molecule has 6 unspecified atom stereocenters. The van der Waals surface area contributed by atoms with Gasteiger partial charge >= 0.3 is 0 Å². The fourth-order valence-corrected chi connectivity index (χ4v) is 9.93. The fraction of sp³-hybridized carbons (Fsp3) is 0.288. The average Bonchev–Trinajstić information content (AvgIpc) is 3.34. The topological polar surface area (TPSA) is 52.0 Å². The maximum Gasteiger partial charge on any atom is 0.0178 e. The lowest BCUT2D eigenvalue weighted by Gasteiger charge is -2.33. The molecule has 312 valence electrons. The highest BCUT2D eigenvalue weighted by Gasteiger charge is 2.30. The molecule has 0 amide bonds. The van der Waals surface area contributed by atoms with Gasteiger partial charge in [0.1, 0.15) is 0 Å². The van der Waals surface area contributed by atoms with Gasteiger partial charge in [-0.2, -0.15) is 0 Å². The maximum atomic E-state index is 6.10. The highest BCUT2D eigenvalue weighted by Crippen LogP contribution is 2.46. The second-order valence-corrected chi connectivity index (χ2v) is 17.6. The number of rotatable bonds is 21. The lowest BCUT2D eigenvalue weighted by molar-refractivity contribution is 0.386. The first kappa shape index (κ1) is 43.5. The molecular weight excluding hydrogens is 737 g/mol. The Morgan fingerprint density at radius 2 is 0.475 bits per heavy atom. The predicted molar refractivity (Wildman–Crippen MR) is 259 cm³/mol. The summed E-state index contributed by atoms with van der Waals surface area (Å²) in [6.07, 6.45) is 6.47. The summed E-state index contributed by atoms with van der Waals surface area (Å²) in [6, 6.07) is 74.7. The summed E-state index contributed by atoms with van der Waals surface area (Å²) >= 11 is 0. The molecule has 61 heavy (non-hydrogen) atoms. The van der Waals surface area contributed by atoms with Gasteiger partial charge in [0.2, 0.25) is 0 Å². The van der Waals surface area contributed by atoms with E-state index >= 15 is 0 Å². The van der Waals surface area contributed by atoms with Crippen LogP contribution < -0.4 is 11.5 Å². The predicted octanol–water partition coefficient (Wildman–Crippen LogP) is 14.8. The summed E-state index contributed by atoms with van der Waals surface area (Å²) in [4.78, 5) is 0. The standard InChI is InChI=1S/C59H66N2/c1-44(48-18-8-3-9-19-48)36-55(53-32-28-46(42-60)29-33-53)38-57(50-22-12-5-13-23-50)40-59(52-26-16-7-17-27-52)41-58(51-24-14-6-15-25-51)39-56(54-34-30-47(43-61)31-35-54)37-45(2)49-20-10-4-11-21-49/h3-35,44-45,55-59H,36-43,60-61H2,1-2H3. The van der Waals surface area contributed by atoms with Gasteiger partial charge < -0.3 is 11.5 Å². The molecule has 0 aromatic heterocycles. The normalized spacial score (nSPS) is 15.0. The van der Waals surface area contributed by atoms with E-state index in [1.54, 1.807) is 0 Å². The molecule has 7 aromatic carbocycles. The van der Waals surface area contributed by atoms with Gasteiger partial charge in [0, 0.05) is 13.1 Å². The molecule has 0 heterocycles. The molecule has 2 heteroatoms. The number of nitrogens with two attached hydrogens (primary N) is 2. The molecule has 0 saturated heterocycles. The Labute approximate surface area is 367 Å². The molecule has 7 rings (SSSR count). The first-order valence-electron chi connectivity index (χ1n) is 22.8. The van der Waals surface area contributed by atoms with E-state index in [-0.39, 0.29) is 0 Å². The minimum atomic E-state index is 0.357. The van der Waals surface area contributed by atoms with Crippen molar-refractivity contribution in [3.8, 4) is 0 Å². The van der Waals surface area contributed by atoms with Gasteiger partial charge in [-0.3, -0.25) is 0 Å². The zero-order valence-electron chi connectivity index (χ0n) is 36.4. The minimum absolute atomic E-state index is 0.357. The molecule has 0 aliphatic carbocycles. The zero-order valence-corrected chi connectivity index (χ0v) is 36.4. The van der Waals surface area contributed by atoms with Gasteiger partial charge in [0.05, 0.1) is 0 Å². The Bertz CT molecular complexity index is 2110. The molecule has 7 aromatic rings. The van der Waals surface area contributed by atoms with Crippen molar-refractivity contribution in [1.82, 2.24) is 0 Å². The number of hydrogen-bond donors (Lipinski definition) is 2. The van der Waals surface area contributed by atoms with Crippen molar-refractivity contribution >= 4 is 0 Å². The molecular formula is C59H66N2. The largest absolute Gasteiger partial charge is 0.326 e. The molecule has 0 aliphatic rings. The van der Waals surface area contributed by atoms with Crippen LogP contribution in [0.5, 0.6) is 0 Å². The molecule has 0 spiro atoms. The van der Waals surface area contributed by atoms with Crippen LogP contribution in [0, 0.1) is 0 Å². The van der Waals surface area contributed by atoms with E-state index in [4.69, 9.17) is 11.5 Å². The molecule has 0 bridgehead atoms. The summed E-state index contributed by atoms with van der Waals surface area (Å²) < 4.78 is 0. The van der Waals surface area contributed by atoms with E-state index < -0.39 is 0 Å². The Morgan fingerprint density at radius 1 is 0.262 bits per heavy atom. The van der Waals surface area contributed by atoms with Crippen LogP contribution in [0.4, 0.5) is 0 Å². The van der Waals surface area contributed by atoms with Crippen LogP contribution in [0.1, 0.15) is 144 Å². The van der Waals surface area contributed by atoms with E-state index in [0.717, 1.165) is 38.5 Å². The maximum absolute atomic E-state index is 6.10. The molecule has 2 nitrogen and oxygen atoms in total. The van der Waals surface area contributed by atoms with Crippen LogP contribution in [0.3, 0.4) is 0 Å². The molecule has 6 atom stereocenters. The van der Waals surface area contributed by atoms with Crippen molar-refractivity contribution < 1.29 is 0 Å². The van der Waals surface area contributed by atoms with E-state index in [2.05, 4.69) is 214 Å². The van der Waals surface area contributed by atoms with Crippen LogP contribution in [-0.2, 0) is 13.1 Å². The van der Waals surface area contributed by atoms with E-state index in [9.17, 15) is 0 Å². The summed E-state index contributed by atoms with van der Waals surface area (Å²) in [5, 5.41) is 0. The summed E-state index contributed by atoms with van der Waals surface area (Å²) in [6.45, 7) is 5.93. The number of hydrogen-bond acceptors (Lipinski definition) is 2. The fourth-order valence-electron chi connectivity index (χ4n) is 9.93. The van der Waals surface area contributed by atoms with Crippen molar-refractivity contribution in [1.29, 1.82) is 0 Å². The second kappa shape index (κ2) is 22.3. The Hall–Kier alpha value is -5.54. The Balaban J connectivity index is 1.25. The third-order valence-electron chi connectivity index (χ3n) is 13.5. The van der Waals surface area contributed by atoms with Gasteiger partial charge in [0.25, 0.3) is 0 Å². The molecule has 0 radical (unpaired) electrons. The Kier molecular flexibility index (Phi) is 16.0. The van der Waals surface area contributed by atoms with Crippen LogP contribution in [0.2, 0.25) is 0 Å². The SMILES string of the molecule is CC(CC(CC(CC(CC(CC(CC(C)c1ccccc1)c1ccc(CN)cc1)c1ccccc1)c1ccccc1)c1ccccc1)c1ccc(CN)cc1)c1ccccc1. The highest BCUT2D eigenvalue weighted by molar-refractivity contribution is 5.32. The van der Waals surface area contributed by atoms with Crippen molar-refractivity contribution in [3.63, 3.8) is 0 Å². The van der Waals surface area contributed by atoms with Gasteiger partial charge in [-0.15, -0.1) is 0 Å². The van der Waals surface area contributed by atoms with Gasteiger partial charge in [-0.25, -0.2) is 0 Å². The highest BCUT2D eigenvalue weighted by atomic mass is 14.5. The number of benzene rings is 7. The Morgan fingerprint density at radius 3 is 0.721 bits per heavy atom. The van der Waals surface area contributed by atoms with Gasteiger partial charge in [0.15, 0.2) is 0 Å². The molecule has 4 N–H and O–H groups in total. The smallest absolute Gasteiger partial charge is 0.0178 e. The molecule has 0 saturated carbocycles. The van der Waals surface area contributed by atoms with E-state index in [1.165, 1.54) is 50.1 Å². The first-order chi connectivity index (χ1) is 30.0. The van der Waals surface area contributed by atoms with Gasteiger partial charge in [-0.05, 0) is 130 Å². The summed E-state index contributed by atoms with van der Waals surface area (Å²) in [5.41, 5.74) is 24.5. The summed E-state index contributed by atoms with van der Waals surface area (Å²) in [7, 11) is 0. The average molecular weight is 803 g/mol. The van der Waals surface area contributed by atoms with Crippen molar-refractivity contribution in [2.75, 3.05) is 0 Å². The van der Waals surface area contributed by atoms with Crippen molar-refractivity contribution in [2.45, 2.75) is 107 Å². The molecule has 0 aliphatic heterocycles. The van der Waals surface area contributed by atoms with E-state index in [0.29, 0.717) is 54.5 Å². The van der Waals surface area contributed by atoms with Crippen LogP contribution in [0.15, 0.2) is 200 Å². The second-order valence-electron chi connectivity index (χ2n) is 17.6.